The Labute approximate surface area is 123 Å². The zero-order valence-corrected chi connectivity index (χ0v) is 12.9. The van der Waals surface area contributed by atoms with Gasteiger partial charge in [-0.2, -0.15) is 0 Å². The van der Waals surface area contributed by atoms with Gasteiger partial charge in [0.15, 0.2) is 5.79 Å². The second-order valence-corrected chi connectivity index (χ2v) is 5.62. The maximum Gasteiger partial charge on any atom is 0.166 e. The molecule has 0 aromatic heterocycles. The van der Waals surface area contributed by atoms with Crippen molar-refractivity contribution in [2.45, 2.75) is 70.5 Å². The molecule has 1 heterocycles. The Balaban J connectivity index is 1.88. The van der Waals surface area contributed by atoms with Crippen LogP contribution in [0.3, 0.4) is 0 Å². The highest BCUT2D eigenvalue weighted by atomic mass is 35.5. The van der Waals surface area contributed by atoms with Crippen LogP contribution in [0.25, 0.3) is 0 Å². The van der Waals surface area contributed by atoms with Gasteiger partial charge in [0.2, 0.25) is 0 Å². The lowest BCUT2D eigenvalue weighted by Gasteiger charge is -2.20. The fourth-order valence-corrected chi connectivity index (χ4v) is 2.37. The lowest BCUT2D eigenvalue weighted by Crippen LogP contribution is -2.24. The Hall–Kier alpha value is -0.230. The second kappa shape index (κ2) is 10.5. The quantitative estimate of drug-likeness (QED) is 0.353. The van der Waals surface area contributed by atoms with E-state index in [-0.39, 0.29) is 5.79 Å². The van der Waals surface area contributed by atoms with E-state index in [2.05, 4.69) is 11.8 Å². The predicted molar refractivity (Wildman–Crippen MR) is 80.4 cm³/mol. The van der Waals surface area contributed by atoms with Gasteiger partial charge in [-0.05, 0) is 19.8 Å². The monoisotopic (exact) mass is 286 g/mol. The summed E-state index contributed by atoms with van der Waals surface area (Å²) in [7, 11) is 0. The SMILES string of the molecule is CC1(CCC#CCCCCCCCCCl)OCCO1. The molecule has 0 aromatic rings. The number of halogens is 1. The molecule has 1 aliphatic rings. The fourth-order valence-electron chi connectivity index (χ4n) is 2.18. The molecular weight excluding hydrogens is 260 g/mol. The molecule has 0 radical (unpaired) electrons. The highest BCUT2D eigenvalue weighted by molar-refractivity contribution is 6.17. The molecule has 110 valence electrons. The topological polar surface area (TPSA) is 18.5 Å². The van der Waals surface area contributed by atoms with Crippen LogP contribution >= 0.6 is 11.6 Å². The molecule has 0 unspecified atom stereocenters. The van der Waals surface area contributed by atoms with Crippen LogP contribution in [0.2, 0.25) is 0 Å². The van der Waals surface area contributed by atoms with Gasteiger partial charge in [0.1, 0.15) is 0 Å². The van der Waals surface area contributed by atoms with Crippen molar-refractivity contribution in [2.24, 2.45) is 0 Å². The molecule has 0 saturated carbocycles. The van der Waals surface area contributed by atoms with Gasteiger partial charge in [-0.15, -0.1) is 23.4 Å². The van der Waals surface area contributed by atoms with E-state index in [9.17, 15) is 0 Å². The van der Waals surface area contributed by atoms with E-state index < -0.39 is 0 Å². The van der Waals surface area contributed by atoms with E-state index >= 15 is 0 Å². The molecule has 0 spiro atoms. The molecule has 0 aromatic carbocycles. The van der Waals surface area contributed by atoms with Gasteiger partial charge in [-0.3, -0.25) is 0 Å². The van der Waals surface area contributed by atoms with Crippen molar-refractivity contribution in [1.29, 1.82) is 0 Å². The van der Waals surface area contributed by atoms with Crippen LogP contribution in [-0.4, -0.2) is 24.9 Å². The zero-order chi connectivity index (χ0) is 13.8. The van der Waals surface area contributed by atoms with E-state index in [1.54, 1.807) is 0 Å². The average molecular weight is 287 g/mol. The molecule has 0 amide bonds. The summed E-state index contributed by atoms with van der Waals surface area (Å²) in [6.45, 7) is 3.43. The van der Waals surface area contributed by atoms with Gasteiger partial charge in [-0.25, -0.2) is 0 Å². The summed E-state index contributed by atoms with van der Waals surface area (Å²) in [5, 5.41) is 0. The number of hydrogen-bond acceptors (Lipinski definition) is 2. The normalized spacial score (nSPS) is 17.2. The number of alkyl halides is 1. The van der Waals surface area contributed by atoms with Crippen molar-refractivity contribution in [3.8, 4) is 11.8 Å². The summed E-state index contributed by atoms with van der Waals surface area (Å²) in [6.07, 6.45) is 10.3. The van der Waals surface area contributed by atoms with Crippen molar-refractivity contribution >= 4 is 11.6 Å². The molecule has 1 saturated heterocycles. The van der Waals surface area contributed by atoms with Gasteiger partial charge in [0, 0.05) is 25.1 Å². The van der Waals surface area contributed by atoms with Crippen LogP contribution in [0.15, 0.2) is 0 Å². The first kappa shape index (κ1) is 16.8. The standard InChI is InChI=1S/C16H27ClO2/c1-16(18-14-15-19-16)12-10-8-6-4-2-3-5-7-9-11-13-17/h2-5,7,9-15H2,1H3. The van der Waals surface area contributed by atoms with Crippen LogP contribution in [0.4, 0.5) is 0 Å². The summed E-state index contributed by atoms with van der Waals surface area (Å²) >= 11 is 5.63. The third kappa shape index (κ3) is 8.52. The van der Waals surface area contributed by atoms with E-state index in [0.717, 1.165) is 31.6 Å². The number of rotatable bonds is 9. The number of unbranched alkanes of at least 4 members (excludes halogenated alkanes) is 6. The molecule has 1 fully saturated rings. The smallest absolute Gasteiger partial charge is 0.166 e. The van der Waals surface area contributed by atoms with Gasteiger partial charge in [0.05, 0.1) is 13.2 Å². The number of ether oxygens (including phenoxy) is 2. The van der Waals surface area contributed by atoms with Gasteiger partial charge >= 0.3 is 0 Å². The van der Waals surface area contributed by atoms with Gasteiger partial charge in [-0.1, -0.05) is 25.7 Å². The predicted octanol–water partition coefficient (Wildman–Crippen LogP) is 4.50. The first-order chi connectivity index (χ1) is 9.27. The molecule has 1 rings (SSSR count). The molecule has 0 bridgehead atoms. The van der Waals surface area contributed by atoms with Crippen molar-refractivity contribution in [3.63, 3.8) is 0 Å². The minimum Gasteiger partial charge on any atom is -0.348 e. The van der Waals surface area contributed by atoms with Crippen molar-refractivity contribution in [2.75, 3.05) is 19.1 Å². The Morgan fingerprint density at radius 1 is 0.895 bits per heavy atom. The summed E-state index contributed by atoms with van der Waals surface area (Å²) in [5.41, 5.74) is 0. The summed E-state index contributed by atoms with van der Waals surface area (Å²) < 4.78 is 11.1. The second-order valence-electron chi connectivity index (χ2n) is 5.24. The van der Waals surface area contributed by atoms with Crippen molar-refractivity contribution < 1.29 is 9.47 Å². The fraction of sp³-hybridized carbons (Fsp3) is 0.875. The lowest BCUT2D eigenvalue weighted by molar-refractivity contribution is -0.145. The Bertz CT molecular complexity index is 274. The van der Waals surface area contributed by atoms with Crippen LogP contribution in [0.1, 0.15) is 64.7 Å². The summed E-state index contributed by atoms with van der Waals surface area (Å²) in [6, 6.07) is 0. The molecule has 2 nitrogen and oxygen atoms in total. The van der Waals surface area contributed by atoms with E-state index in [4.69, 9.17) is 21.1 Å². The first-order valence-corrected chi connectivity index (χ1v) is 8.10. The van der Waals surface area contributed by atoms with E-state index in [1.165, 1.54) is 32.1 Å². The largest absolute Gasteiger partial charge is 0.348 e. The number of hydrogen-bond donors (Lipinski definition) is 0. The average Bonchev–Trinajstić information content (AvgIpc) is 2.83. The van der Waals surface area contributed by atoms with Crippen LogP contribution in [0, 0.1) is 11.8 Å². The van der Waals surface area contributed by atoms with Gasteiger partial charge < -0.3 is 9.47 Å². The summed E-state index contributed by atoms with van der Waals surface area (Å²) in [5.74, 6) is 6.89. The molecule has 0 atom stereocenters. The van der Waals surface area contributed by atoms with Crippen molar-refractivity contribution in [3.05, 3.63) is 0 Å². The van der Waals surface area contributed by atoms with Crippen LogP contribution in [-0.2, 0) is 9.47 Å². The van der Waals surface area contributed by atoms with Crippen molar-refractivity contribution in [1.82, 2.24) is 0 Å². The highest BCUT2D eigenvalue weighted by Crippen LogP contribution is 2.23. The Morgan fingerprint density at radius 3 is 2.16 bits per heavy atom. The third-order valence-corrected chi connectivity index (χ3v) is 3.68. The molecule has 1 aliphatic heterocycles. The highest BCUT2D eigenvalue weighted by Gasteiger charge is 2.29. The maximum atomic E-state index is 5.63. The van der Waals surface area contributed by atoms with Crippen LogP contribution < -0.4 is 0 Å². The molecule has 19 heavy (non-hydrogen) atoms. The minimum atomic E-state index is -0.378. The first-order valence-electron chi connectivity index (χ1n) is 7.56. The minimum absolute atomic E-state index is 0.378. The van der Waals surface area contributed by atoms with Gasteiger partial charge in [0.25, 0.3) is 0 Å². The van der Waals surface area contributed by atoms with E-state index in [1.807, 2.05) is 6.92 Å². The summed E-state index contributed by atoms with van der Waals surface area (Å²) in [4.78, 5) is 0. The lowest BCUT2D eigenvalue weighted by atomic mass is 10.1. The Morgan fingerprint density at radius 2 is 1.47 bits per heavy atom. The van der Waals surface area contributed by atoms with E-state index in [0.29, 0.717) is 13.2 Å². The van der Waals surface area contributed by atoms with Crippen LogP contribution in [0.5, 0.6) is 0 Å². The molecular formula is C16H27ClO2. The zero-order valence-electron chi connectivity index (χ0n) is 12.2. The maximum absolute atomic E-state index is 5.63. The molecule has 0 aliphatic carbocycles. The Kier molecular flexibility index (Phi) is 9.34. The molecule has 0 N–H and O–H groups in total. The molecule has 3 heteroatoms. The third-order valence-electron chi connectivity index (χ3n) is 3.41.